The Balaban J connectivity index is 2.77. The fourth-order valence-electron chi connectivity index (χ4n) is 1.14. The van der Waals surface area contributed by atoms with E-state index in [1.807, 2.05) is 18.4 Å². The standard InChI is InChI=1S/C8H7N3OS/c1-5-10-7(4-9-12)6-2-3-13-8(6)11-5/h2-4,12H,1H3. The van der Waals surface area contributed by atoms with E-state index in [0.29, 0.717) is 11.5 Å². The zero-order valence-electron chi connectivity index (χ0n) is 6.93. The molecule has 2 aromatic rings. The lowest BCUT2D eigenvalue weighted by Crippen LogP contribution is -1.94. The molecule has 0 atom stereocenters. The first-order chi connectivity index (χ1) is 6.31. The number of thiophene rings is 1. The van der Waals surface area contributed by atoms with E-state index >= 15 is 0 Å². The summed E-state index contributed by atoms with van der Waals surface area (Å²) in [5.41, 5.74) is 0.659. The molecule has 5 heteroatoms. The van der Waals surface area contributed by atoms with Gasteiger partial charge in [0.25, 0.3) is 0 Å². The topological polar surface area (TPSA) is 58.4 Å². The number of nitrogens with zero attached hydrogens (tertiary/aromatic N) is 3. The molecule has 66 valence electrons. The summed E-state index contributed by atoms with van der Waals surface area (Å²) < 4.78 is 0. The van der Waals surface area contributed by atoms with Crippen molar-refractivity contribution in [2.24, 2.45) is 5.16 Å². The minimum atomic E-state index is 0.659. The van der Waals surface area contributed by atoms with Crippen LogP contribution in [-0.4, -0.2) is 21.4 Å². The molecule has 2 heterocycles. The van der Waals surface area contributed by atoms with Crippen LogP contribution in [0.5, 0.6) is 0 Å². The molecule has 0 spiro atoms. The van der Waals surface area contributed by atoms with Gasteiger partial charge in [-0.2, -0.15) is 0 Å². The molecule has 0 aliphatic carbocycles. The highest BCUT2D eigenvalue weighted by atomic mass is 32.1. The largest absolute Gasteiger partial charge is 0.411 e. The van der Waals surface area contributed by atoms with Crippen molar-refractivity contribution in [3.8, 4) is 0 Å². The molecule has 13 heavy (non-hydrogen) atoms. The van der Waals surface area contributed by atoms with Crippen LogP contribution in [0.25, 0.3) is 10.2 Å². The smallest absolute Gasteiger partial charge is 0.127 e. The Morgan fingerprint density at radius 1 is 1.54 bits per heavy atom. The van der Waals surface area contributed by atoms with E-state index in [4.69, 9.17) is 5.21 Å². The van der Waals surface area contributed by atoms with Crippen molar-refractivity contribution in [2.45, 2.75) is 6.92 Å². The Morgan fingerprint density at radius 2 is 2.38 bits per heavy atom. The number of aromatic nitrogens is 2. The molecule has 1 N–H and O–H groups in total. The third-order valence-corrected chi connectivity index (χ3v) is 2.45. The maximum atomic E-state index is 8.42. The summed E-state index contributed by atoms with van der Waals surface area (Å²) in [6.45, 7) is 1.81. The third-order valence-electron chi connectivity index (χ3n) is 1.65. The molecule has 0 saturated heterocycles. The van der Waals surface area contributed by atoms with E-state index < -0.39 is 0 Å². The number of fused-ring (bicyclic) bond motifs is 1. The number of aryl methyl sites for hydroxylation is 1. The lowest BCUT2D eigenvalue weighted by atomic mass is 10.3. The van der Waals surface area contributed by atoms with Crippen LogP contribution in [0.1, 0.15) is 11.5 Å². The van der Waals surface area contributed by atoms with Crippen molar-refractivity contribution < 1.29 is 5.21 Å². The molecule has 0 fully saturated rings. The Kier molecular flexibility index (Phi) is 1.94. The molecule has 0 aliphatic rings. The fraction of sp³-hybridized carbons (Fsp3) is 0.125. The van der Waals surface area contributed by atoms with Crippen molar-refractivity contribution in [3.05, 3.63) is 23.0 Å². The lowest BCUT2D eigenvalue weighted by Gasteiger charge is -1.96. The number of hydrogen-bond donors (Lipinski definition) is 1. The first-order valence-corrected chi connectivity index (χ1v) is 4.58. The van der Waals surface area contributed by atoms with E-state index in [2.05, 4.69) is 15.1 Å². The van der Waals surface area contributed by atoms with Crippen LogP contribution in [0, 0.1) is 6.92 Å². The summed E-state index contributed by atoms with van der Waals surface area (Å²) in [7, 11) is 0. The van der Waals surface area contributed by atoms with Crippen LogP contribution < -0.4 is 0 Å². The zero-order valence-corrected chi connectivity index (χ0v) is 7.75. The van der Waals surface area contributed by atoms with Gasteiger partial charge in [-0.15, -0.1) is 11.3 Å². The molecule has 0 aromatic carbocycles. The average Bonchev–Trinajstić information content (AvgIpc) is 2.52. The van der Waals surface area contributed by atoms with E-state index in [9.17, 15) is 0 Å². The molecule has 2 aromatic heterocycles. The highest BCUT2D eigenvalue weighted by Gasteiger charge is 2.04. The SMILES string of the molecule is Cc1nc(C=NO)c2ccsc2n1. The molecular weight excluding hydrogens is 186 g/mol. The van der Waals surface area contributed by atoms with Gasteiger partial charge in [0.1, 0.15) is 10.7 Å². The maximum absolute atomic E-state index is 8.42. The Morgan fingerprint density at radius 3 is 3.15 bits per heavy atom. The lowest BCUT2D eigenvalue weighted by molar-refractivity contribution is 0.321. The van der Waals surface area contributed by atoms with Crippen molar-refractivity contribution >= 4 is 27.8 Å². The Labute approximate surface area is 78.6 Å². The second-order valence-corrected chi connectivity index (χ2v) is 3.43. The van der Waals surface area contributed by atoms with Gasteiger partial charge in [0, 0.05) is 5.39 Å². The van der Waals surface area contributed by atoms with Crippen molar-refractivity contribution in [2.75, 3.05) is 0 Å². The normalized spacial score (nSPS) is 11.5. The highest BCUT2D eigenvalue weighted by molar-refractivity contribution is 7.16. The molecule has 0 saturated carbocycles. The highest BCUT2D eigenvalue weighted by Crippen LogP contribution is 2.20. The van der Waals surface area contributed by atoms with Crippen molar-refractivity contribution in [3.63, 3.8) is 0 Å². The predicted molar refractivity (Wildman–Crippen MR) is 51.5 cm³/mol. The van der Waals surface area contributed by atoms with E-state index in [0.717, 1.165) is 10.2 Å². The van der Waals surface area contributed by atoms with Gasteiger partial charge in [-0.1, -0.05) is 5.16 Å². The summed E-state index contributed by atoms with van der Waals surface area (Å²) >= 11 is 1.55. The molecule has 0 aliphatic heterocycles. The molecule has 2 rings (SSSR count). The summed E-state index contributed by atoms with van der Waals surface area (Å²) in [5.74, 6) is 0.685. The quantitative estimate of drug-likeness (QED) is 0.427. The molecule has 0 radical (unpaired) electrons. The van der Waals surface area contributed by atoms with Crippen LogP contribution in [0.3, 0.4) is 0 Å². The number of rotatable bonds is 1. The zero-order chi connectivity index (χ0) is 9.26. The van der Waals surface area contributed by atoms with E-state index in [1.54, 1.807) is 11.3 Å². The van der Waals surface area contributed by atoms with Crippen LogP contribution in [0.2, 0.25) is 0 Å². The predicted octanol–water partition coefficient (Wildman–Crippen LogP) is 1.81. The fourth-order valence-corrected chi connectivity index (χ4v) is 1.96. The first-order valence-electron chi connectivity index (χ1n) is 3.70. The minimum Gasteiger partial charge on any atom is -0.411 e. The summed E-state index contributed by atoms with van der Waals surface area (Å²) in [6.07, 6.45) is 1.32. The third kappa shape index (κ3) is 1.38. The molecule has 0 amide bonds. The van der Waals surface area contributed by atoms with E-state index in [-0.39, 0.29) is 0 Å². The van der Waals surface area contributed by atoms with Crippen LogP contribution in [0.4, 0.5) is 0 Å². The van der Waals surface area contributed by atoms with Gasteiger partial charge in [-0.05, 0) is 18.4 Å². The molecular formula is C8H7N3OS. The van der Waals surface area contributed by atoms with Crippen LogP contribution >= 0.6 is 11.3 Å². The van der Waals surface area contributed by atoms with Gasteiger partial charge < -0.3 is 5.21 Å². The molecule has 0 unspecified atom stereocenters. The van der Waals surface area contributed by atoms with E-state index in [1.165, 1.54) is 6.21 Å². The number of hydrogen-bond acceptors (Lipinski definition) is 5. The monoisotopic (exact) mass is 193 g/mol. The molecule has 0 bridgehead atoms. The van der Waals surface area contributed by atoms with Gasteiger partial charge in [-0.3, -0.25) is 0 Å². The Bertz CT molecular complexity index is 463. The van der Waals surface area contributed by atoms with Gasteiger partial charge in [0.15, 0.2) is 0 Å². The van der Waals surface area contributed by atoms with Crippen molar-refractivity contribution in [1.29, 1.82) is 0 Å². The summed E-state index contributed by atoms with van der Waals surface area (Å²) in [5, 5.41) is 14.2. The van der Waals surface area contributed by atoms with Gasteiger partial charge in [-0.25, -0.2) is 9.97 Å². The maximum Gasteiger partial charge on any atom is 0.127 e. The average molecular weight is 193 g/mol. The van der Waals surface area contributed by atoms with Crippen LogP contribution in [-0.2, 0) is 0 Å². The summed E-state index contributed by atoms with van der Waals surface area (Å²) in [4.78, 5) is 9.31. The van der Waals surface area contributed by atoms with Crippen LogP contribution in [0.15, 0.2) is 16.6 Å². The second-order valence-electron chi connectivity index (χ2n) is 2.54. The minimum absolute atomic E-state index is 0.659. The van der Waals surface area contributed by atoms with Gasteiger partial charge >= 0.3 is 0 Å². The second kappa shape index (κ2) is 3.10. The molecule has 4 nitrogen and oxygen atoms in total. The number of oxime groups is 1. The Hall–Kier alpha value is -1.49. The van der Waals surface area contributed by atoms with Gasteiger partial charge in [0.05, 0.1) is 11.9 Å². The summed E-state index contributed by atoms with van der Waals surface area (Å²) in [6, 6.07) is 1.91. The van der Waals surface area contributed by atoms with Crippen molar-refractivity contribution in [1.82, 2.24) is 9.97 Å². The van der Waals surface area contributed by atoms with Gasteiger partial charge in [0.2, 0.25) is 0 Å². The first kappa shape index (κ1) is 8.12.